The number of carboxylic acids is 1. The van der Waals surface area contributed by atoms with Crippen molar-refractivity contribution in [2.45, 2.75) is 6.10 Å². The van der Waals surface area contributed by atoms with Crippen molar-refractivity contribution < 1.29 is 19.4 Å². The molecule has 1 aliphatic heterocycles. The highest BCUT2D eigenvalue weighted by atomic mass is 16.6. The van der Waals surface area contributed by atoms with E-state index in [4.69, 9.17) is 9.84 Å². The van der Waals surface area contributed by atoms with Gasteiger partial charge in [0, 0.05) is 10.9 Å². The molecule has 84 valence electrons. The number of aliphatic carboxylic acids is 1. The molecule has 0 amide bonds. The van der Waals surface area contributed by atoms with Gasteiger partial charge in [0.05, 0.1) is 5.56 Å². The monoisotopic (exact) mass is 228 g/mol. The third kappa shape index (κ3) is 1.30. The summed E-state index contributed by atoms with van der Waals surface area (Å²) in [5.41, 5.74) is 0.959. The van der Waals surface area contributed by atoms with Gasteiger partial charge in [0.15, 0.2) is 0 Å². The standard InChI is InChI=1S/C13H8O4/c14-12(15)11-8-5-1-3-7-4-2-6-9(10(7)8)13(16)17-11/h1-6,11H,(H,14,15). The van der Waals surface area contributed by atoms with Crippen molar-refractivity contribution in [3.05, 3.63) is 47.5 Å². The minimum Gasteiger partial charge on any atom is -0.478 e. The molecule has 0 saturated carbocycles. The lowest BCUT2D eigenvalue weighted by Gasteiger charge is -2.22. The Kier molecular flexibility index (Phi) is 1.92. The fourth-order valence-electron chi connectivity index (χ4n) is 2.18. The minimum atomic E-state index is -1.21. The molecule has 1 N–H and O–H groups in total. The van der Waals surface area contributed by atoms with Gasteiger partial charge in [0.1, 0.15) is 0 Å². The molecule has 1 aliphatic rings. The van der Waals surface area contributed by atoms with Crippen LogP contribution in [0.2, 0.25) is 0 Å². The van der Waals surface area contributed by atoms with Gasteiger partial charge in [-0.1, -0.05) is 30.3 Å². The van der Waals surface area contributed by atoms with Crippen LogP contribution in [0.3, 0.4) is 0 Å². The Hall–Kier alpha value is -2.36. The molecule has 1 unspecified atom stereocenters. The van der Waals surface area contributed by atoms with E-state index in [1.165, 1.54) is 0 Å². The van der Waals surface area contributed by atoms with Gasteiger partial charge >= 0.3 is 11.9 Å². The molecule has 17 heavy (non-hydrogen) atoms. The molecular formula is C13H8O4. The SMILES string of the molecule is O=C1OC(C(=O)O)c2cccc3cccc1c23. The Morgan fingerprint density at radius 3 is 2.59 bits per heavy atom. The van der Waals surface area contributed by atoms with Gasteiger partial charge in [-0.15, -0.1) is 0 Å². The minimum absolute atomic E-state index is 0.426. The predicted molar refractivity (Wildman–Crippen MR) is 59.7 cm³/mol. The first-order chi connectivity index (χ1) is 8.18. The molecule has 4 heteroatoms. The zero-order valence-electron chi connectivity index (χ0n) is 8.71. The van der Waals surface area contributed by atoms with Crippen LogP contribution in [0, 0.1) is 0 Å². The molecule has 4 nitrogen and oxygen atoms in total. The maximum atomic E-state index is 11.7. The maximum Gasteiger partial charge on any atom is 0.349 e. The second kappa shape index (κ2) is 3.31. The summed E-state index contributed by atoms with van der Waals surface area (Å²) >= 11 is 0. The number of cyclic esters (lactones) is 1. The second-order valence-corrected chi connectivity index (χ2v) is 3.87. The normalized spacial score (nSPS) is 17.9. The molecule has 1 atom stereocenters. The van der Waals surface area contributed by atoms with Crippen LogP contribution in [0.25, 0.3) is 10.8 Å². The number of hydrogen-bond donors (Lipinski definition) is 1. The summed E-state index contributed by atoms with van der Waals surface area (Å²) in [5, 5.41) is 10.6. The van der Waals surface area contributed by atoms with Crippen molar-refractivity contribution in [2.24, 2.45) is 0 Å². The van der Waals surface area contributed by atoms with Crippen LogP contribution in [0.15, 0.2) is 36.4 Å². The summed E-state index contributed by atoms with van der Waals surface area (Å²) in [4.78, 5) is 22.8. The van der Waals surface area contributed by atoms with Gasteiger partial charge in [-0.3, -0.25) is 0 Å². The highest BCUT2D eigenvalue weighted by molar-refractivity contribution is 6.09. The first-order valence-electron chi connectivity index (χ1n) is 5.14. The van der Waals surface area contributed by atoms with E-state index in [2.05, 4.69) is 0 Å². The number of benzene rings is 2. The van der Waals surface area contributed by atoms with E-state index < -0.39 is 18.0 Å². The number of esters is 1. The second-order valence-electron chi connectivity index (χ2n) is 3.87. The molecule has 0 aromatic heterocycles. The number of carboxylic acid groups (broad SMARTS) is 1. The number of hydrogen-bond acceptors (Lipinski definition) is 3. The van der Waals surface area contributed by atoms with Crippen LogP contribution in [0.5, 0.6) is 0 Å². The Labute approximate surface area is 96.4 Å². The van der Waals surface area contributed by atoms with Gasteiger partial charge in [-0.2, -0.15) is 0 Å². The highest BCUT2D eigenvalue weighted by Crippen LogP contribution is 2.34. The van der Waals surface area contributed by atoms with E-state index in [0.29, 0.717) is 16.5 Å². The number of ether oxygens (including phenoxy) is 1. The summed E-state index contributed by atoms with van der Waals surface area (Å²) in [6.45, 7) is 0. The molecule has 0 radical (unpaired) electrons. The van der Waals surface area contributed by atoms with Gasteiger partial charge in [0.2, 0.25) is 6.10 Å². The summed E-state index contributed by atoms with van der Waals surface area (Å²) < 4.78 is 4.93. The van der Waals surface area contributed by atoms with Crippen LogP contribution in [-0.2, 0) is 9.53 Å². The fourth-order valence-corrected chi connectivity index (χ4v) is 2.18. The molecule has 0 spiro atoms. The van der Waals surface area contributed by atoms with E-state index in [0.717, 1.165) is 5.39 Å². The van der Waals surface area contributed by atoms with Gasteiger partial charge in [-0.25, -0.2) is 9.59 Å². The predicted octanol–water partition coefficient (Wildman–Crippen LogP) is 2.14. The maximum absolute atomic E-state index is 11.7. The highest BCUT2D eigenvalue weighted by Gasteiger charge is 2.32. The van der Waals surface area contributed by atoms with E-state index in [1.54, 1.807) is 24.3 Å². The summed E-state index contributed by atoms with van der Waals surface area (Å²) in [6.07, 6.45) is -1.21. The van der Waals surface area contributed by atoms with Crippen molar-refractivity contribution in [3.63, 3.8) is 0 Å². The molecule has 2 aromatic rings. The average Bonchev–Trinajstić information content (AvgIpc) is 2.33. The number of carbonyl (C=O) groups is 2. The van der Waals surface area contributed by atoms with E-state index in [-0.39, 0.29) is 0 Å². The van der Waals surface area contributed by atoms with Gasteiger partial charge < -0.3 is 9.84 Å². The Balaban J connectivity index is 2.42. The third-order valence-electron chi connectivity index (χ3n) is 2.89. The van der Waals surface area contributed by atoms with E-state index in [9.17, 15) is 9.59 Å². The van der Waals surface area contributed by atoms with Crippen LogP contribution < -0.4 is 0 Å². The first-order valence-corrected chi connectivity index (χ1v) is 5.14. The van der Waals surface area contributed by atoms with Crippen LogP contribution in [-0.4, -0.2) is 17.0 Å². The van der Waals surface area contributed by atoms with Crippen molar-refractivity contribution in [1.29, 1.82) is 0 Å². The van der Waals surface area contributed by atoms with Gasteiger partial charge in [0.25, 0.3) is 0 Å². The van der Waals surface area contributed by atoms with Crippen molar-refractivity contribution in [1.82, 2.24) is 0 Å². The van der Waals surface area contributed by atoms with Crippen LogP contribution in [0.4, 0.5) is 0 Å². The van der Waals surface area contributed by atoms with Crippen LogP contribution >= 0.6 is 0 Å². The van der Waals surface area contributed by atoms with Crippen molar-refractivity contribution in [2.75, 3.05) is 0 Å². The first kappa shape index (κ1) is 9.84. The molecule has 0 bridgehead atoms. The molecule has 0 fully saturated rings. The molecule has 2 aromatic carbocycles. The average molecular weight is 228 g/mol. The molecule has 0 saturated heterocycles. The molecular weight excluding hydrogens is 220 g/mol. The fraction of sp³-hybridized carbons (Fsp3) is 0.0769. The lowest BCUT2D eigenvalue weighted by Crippen LogP contribution is -2.24. The zero-order valence-corrected chi connectivity index (χ0v) is 8.71. The van der Waals surface area contributed by atoms with E-state index in [1.807, 2.05) is 12.1 Å². The lowest BCUT2D eigenvalue weighted by molar-refractivity contribution is -0.147. The summed E-state index contributed by atoms with van der Waals surface area (Å²) in [6, 6.07) is 10.5. The van der Waals surface area contributed by atoms with Gasteiger partial charge in [-0.05, 0) is 11.5 Å². The van der Waals surface area contributed by atoms with Crippen molar-refractivity contribution in [3.8, 4) is 0 Å². The van der Waals surface area contributed by atoms with E-state index >= 15 is 0 Å². The number of rotatable bonds is 1. The summed E-state index contributed by atoms with van der Waals surface area (Å²) in [5.74, 6) is -1.73. The molecule has 3 rings (SSSR count). The third-order valence-corrected chi connectivity index (χ3v) is 2.89. The topological polar surface area (TPSA) is 63.6 Å². The number of carbonyl (C=O) groups excluding carboxylic acids is 1. The lowest BCUT2D eigenvalue weighted by atomic mass is 9.94. The largest absolute Gasteiger partial charge is 0.478 e. The Morgan fingerprint density at radius 2 is 1.88 bits per heavy atom. The van der Waals surface area contributed by atoms with Crippen molar-refractivity contribution >= 4 is 22.7 Å². The molecule has 0 aliphatic carbocycles. The van der Waals surface area contributed by atoms with Crippen LogP contribution in [0.1, 0.15) is 22.0 Å². The zero-order chi connectivity index (χ0) is 12.0. The molecule has 1 heterocycles. The smallest absolute Gasteiger partial charge is 0.349 e. The Morgan fingerprint density at radius 1 is 1.18 bits per heavy atom. The summed E-state index contributed by atoms with van der Waals surface area (Å²) in [7, 11) is 0. The Bertz CT molecular complexity index is 640. The quantitative estimate of drug-likeness (QED) is 0.759.